The number of ether oxygens (including phenoxy) is 3. The van der Waals surface area contributed by atoms with E-state index in [9.17, 15) is 9.59 Å². The second-order valence-electron chi connectivity index (χ2n) is 9.54. The average molecular weight is 477 g/mol. The summed E-state index contributed by atoms with van der Waals surface area (Å²) in [5, 5.41) is 3.04. The van der Waals surface area contributed by atoms with Crippen molar-refractivity contribution in [2.45, 2.75) is 70.1 Å². The number of hydrogen-bond acceptors (Lipinski definition) is 6. The Kier molecular flexibility index (Phi) is 6.50. The lowest BCUT2D eigenvalue weighted by Gasteiger charge is -2.38. The van der Waals surface area contributed by atoms with Crippen molar-refractivity contribution in [3.8, 4) is 11.5 Å². The summed E-state index contributed by atoms with van der Waals surface area (Å²) in [5.41, 5.74) is 4.63. The van der Waals surface area contributed by atoms with E-state index in [0.29, 0.717) is 29.7 Å². The number of carbonyl (C=O) groups is 2. The van der Waals surface area contributed by atoms with Crippen LogP contribution in [0.4, 0.5) is 0 Å². The highest BCUT2D eigenvalue weighted by Gasteiger charge is 2.38. The fraction of sp³-hybridized carbons (Fsp3) is 0.464. The van der Waals surface area contributed by atoms with Crippen LogP contribution in [0.25, 0.3) is 0 Å². The fourth-order valence-electron chi connectivity index (χ4n) is 5.20. The highest BCUT2D eigenvalue weighted by Crippen LogP contribution is 2.45. The number of amides is 1. The van der Waals surface area contributed by atoms with Gasteiger partial charge in [-0.05, 0) is 68.9 Å². The first-order valence-electron chi connectivity index (χ1n) is 12.5. The number of aliphatic imine (C=N–C) groups is 1. The molecule has 0 saturated heterocycles. The van der Waals surface area contributed by atoms with E-state index < -0.39 is 0 Å². The predicted octanol–water partition coefficient (Wildman–Crippen LogP) is 4.40. The number of esters is 1. The van der Waals surface area contributed by atoms with Crippen LogP contribution in [0.3, 0.4) is 0 Å². The molecule has 0 aromatic heterocycles. The molecule has 5 rings (SSSR count). The van der Waals surface area contributed by atoms with E-state index in [2.05, 4.69) is 11.4 Å². The Hall–Kier alpha value is -3.35. The molecule has 2 aliphatic carbocycles. The molecular formula is C28H32N2O5. The van der Waals surface area contributed by atoms with Gasteiger partial charge in [-0.15, -0.1) is 0 Å². The van der Waals surface area contributed by atoms with Crippen LogP contribution in [0.2, 0.25) is 0 Å². The van der Waals surface area contributed by atoms with Crippen LogP contribution in [0, 0.1) is 0 Å². The molecule has 1 aliphatic heterocycles. The summed E-state index contributed by atoms with van der Waals surface area (Å²) in [4.78, 5) is 29.2. The predicted molar refractivity (Wildman–Crippen MR) is 133 cm³/mol. The van der Waals surface area contributed by atoms with E-state index in [-0.39, 0.29) is 29.9 Å². The lowest BCUT2D eigenvalue weighted by Crippen LogP contribution is -2.36. The quantitative estimate of drug-likeness (QED) is 0.599. The van der Waals surface area contributed by atoms with Crippen molar-refractivity contribution in [3.05, 3.63) is 58.7 Å². The van der Waals surface area contributed by atoms with Crippen LogP contribution >= 0.6 is 0 Å². The third kappa shape index (κ3) is 4.90. The van der Waals surface area contributed by atoms with Gasteiger partial charge in [-0.1, -0.05) is 12.1 Å². The molecule has 2 aromatic carbocycles. The smallest absolute Gasteiger partial charge is 0.302 e. The summed E-state index contributed by atoms with van der Waals surface area (Å²) in [5.74, 6) is 1.21. The van der Waals surface area contributed by atoms with Gasteiger partial charge in [0.05, 0.1) is 25.5 Å². The molecule has 0 spiro atoms. The Balaban J connectivity index is 1.52. The molecule has 2 aromatic rings. The van der Waals surface area contributed by atoms with Crippen molar-refractivity contribution in [2.24, 2.45) is 4.99 Å². The van der Waals surface area contributed by atoms with E-state index in [1.165, 1.54) is 6.92 Å². The minimum atomic E-state index is -0.246. The molecule has 0 unspecified atom stereocenters. The second kappa shape index (κ2) is 9.72. The van der Waals surface area contributed by atoms with Crippen LogP contribution in [0.15, 0.2) is 41.4 Å². The minimum Gasteiger partial charge on any atom is -0.493 e. The van der Waals surface area contributed by atoms with Gasteiger partial charge in [0.25, 0.3) is 5.91 Å². The molecule has 1 N–H and O–H groups in total. The van der Waals surface area contributed by atoms with Crippen molar-refractivity contribution in [1.29, 1.82) is 0 Å². The molecule has 2 fully saturated rings. The largest absolute Gasteiger partial charge is 0.493 e. The number of hydrogen-bond donors (Lipinski definition) is 1. The summed E-state index contributed by atoms with van der Waals surface area (Å²) in [7, 11) is 1.64. The molecule has 1 heterocycles. The maximum Gasteiger partial charge on any atom is 0.302 e. The molecule has 1 amide bonds. The molecule has 0 bridgehead atoms. The summed E-state index contributed by atoms with van der Waals surface area (Å²) in [6.45, 7) is 3.95. The summed E-state index contributed by atoms with van der Waals surface area (Å²) >= 11 is 0. The van der Waals surface area contributed by atoms with Gasteiger partial charge in [0.15, 0.2) is 11.5 Å². The van der Waals surface area contributed by atoms with Gasteiger partial charge in [0, 0.05) is 35.6 Å². The molecule has 7 nitrogen and oxygen atoms in total. The fourth-order valence-corrected chi connectivity index (χ4v) is 5.20. The Morgan fingerprint density at radius 1 is 1.06 bits per heavy atom. The first-order chi connectivity index (χ1) is 17.0. The molecular weight excluding hydrogens is 444 g/mol. The highest BCUT2D eigenvalue weighted by atomic mass is 16.5. The van der Waals surface area contributed by atoms with Gasteiger partial charge < -0.3 is 19.5 Å². The lowest BCUT2D eigenvalue weighted by atomic mass is 9.74. The van der Waals surface area contributed by atoms with Crippen molar-refractivity contribution in [2.75, 3.05) is 13.7 Å². The first kappa shape index (κ1) is 23.4. The number of rotatable bonds is 7. The van der Waals surface area contributed by atoms with Gasteiger partial charge in [-0.2, -0.15) is 0 Å². The zero-order chi connectivity index (χ0) is 24.5. The molecule has 7 heteroatoms. The Morgan fingerprint density at radius 2 is 1.83 bits per heavy atom. The first-order valence-corrected chi connectivity index (χ1v) is 12.5. The third-order valence-electron chi connectivity index (χ3n) is 7.02. The van der Waals surface area contributed by atoms with E-state index in [0.717, 1.165) is 54.5 Å². The Morgan fingerprint density at radius 3 is 2.49 bits per heavy atom. The molecule has 0 radical (unpaired) electrons. The zero-order valence-corrected chi connectivity index (χ0v) is 20.5. The number of fused-ring (bicyclic) bond motifs is 3. The third-order valence-corrected chi connectivity index (χ3v) is 7.02. The van der Waals surface area contributed by atoms with Crippen LogP contribution in [-0.2, 0) is 9.53 Å². The summed E-state index contributed by atoms with van der Waals surface area (Å²) < 4.78 is 17.1. The van der Waals surface area contributed by atoms with Gasteiger partial charge in [0.2, 0.25) is 0 Å². The lowest BCUT2D eigenvalue weighted by molar-refractivity contribution is -0.148. The Bertz CT molecular complexity index is 1150. The molecule has 2 saturated carbocycles. The molecule has 3 atom stereocenters. The SMILES string of the molecule is CCOc1cc2c(cc1OC)C(c1ccc(C(=O)NC3CC3)cc1)=N[C@@H]1CC[C@@H](OC(C)=O)C[C@H]21. The maximum absolute atomic E-state index is 12.5. The van der Waals surface area contributed by atoms with Gasteiger partial charge >= 0.3 is 5.97 Å². The summed E-state index contributed by atoms with van der Waals surface area (Å²) in [6, 6.07) is 12.1. The number of nitrogens with zero attached hydrogens (tertiary/aromatic N) is 1. The Labute approximate surface area is 205 Å². The van der Waals surface area contributed by atoms with Crippen molar-refractivity contribution in [3.63, 3.8) is 0 Å². The molecule has 184 valence electrons. The zero-order valence-electron chi connectivity index (χ0n) is 20.5. The highest BCUT2D eigenvalue weighted by molar-refractivity contribution is 6.15. The normalized spacial score (nSPS) is 22.8. The minimum absolute atomic E-state index is 0.0306. The number of methoxy groups -OCH3 is 1. The second-order valence-corrected chi connectivity index (χ2v) is 9.54. The van der Waals surface area contributed by atoms with Crippen LogP contribution in [-0.4, -0.2) is 49.5 Å². The van der Waals surface area contributed by atoms with E-state index in [1.807, 2.05) is 37.3 Å². The topological polar surface area (TPSA) is 86.2 Å². The number of carbonyl (C=O) groups excluding carboxylic acids is 2. The maximum atomic E-state index is 12.5. The summed E-state index contributed by atoms with van der Waals surface area (Å²) in [6.07, 6.45) is 4.37. The molecule has 3 aliphatic rings. The number of benzene rings is 2. The van der Waals surface area contributed by atoms with E-state index >= 15 is 0 Å². The van der Waals surface area contributed by atoms with E-state index in [1.54, 1.807) is 7.11 Å². The van der Waals surface area contributed by atoms with Crippen LogP contribution in [0.1, 0.15) is 78.9 Å². The van der Waals surface area contributed by atoms with Crippen LogP contribution in [0.5, 0.6) is 11.5 Å². The van der Waals surface area contributed by atoms with Crippen molar-refractivity contribution >= 4 is 17.6 Å². The van der Waals surface area contributed by atoms with Crippen molar-refractivity contribution < 1.29 is 23.8 Å². The number of nitrogens with one attached hydrogen (secondary N) is 1. The van der Waals surface area contributed by atoms with Gasteiger partial charge in [-0.3, -0.25) is 14.6 Å². The monoisotopic (exact) mass is 476 g/mol. The average Bonchev–Trinajstić information content (AvgIpc) is 3.67. The van der Waals surface area contributed by atoms with E-state index in [4.69, 9.17) is 19.2 Å². The van der Waals surface area contributed by atoms with Crippen LogP contribution < -0.4 is 14.8 Å². The molecule has 35 heavy (non-hydrogen) atoms. The van der Waals surface area contributed by atoms with Gasteiger partial charge in [-0.25, -0.2) is 0 Å². The van der Waals surface area contributed by atoms with Crippen molar-refractivity contribution in [1.82, 2.24) is 5.32 Å². The standard InChI is InChI=1S/C28H32N2O5/c1-4-34-26-14-21-22-13-20(35-16(2)31)11-12-24(22)30-27(23(21)15-25(26)33-3)17-5-7-18(8-6-17)28(32)29-19-9-10-19/h5-8,14-15,19-20,22,24H,4,9-13H2,1-3H3,(H,29,32)/t20-,22-,24-/m1/s1. The van der Waals surface area contributed by atoms with Gasteiger partial charge in [0.1, 0.15) is 6.10 Å².